The maximum Gasteiger partial charge on any atom is 0.291 e. The van der Waals surface area contributed by atoms with Crippen LogP contribution >= 0.6 is 0 Å². The van der Waals surface area contributed by atoms with E-state index in [0.717, 1.165) is 11.4 Å². The van der Waals surface area contributed by atoms with E-state index in [1.807, 2.05) is 6.07 Å². The van der Waals surface area contributed by atoms with E-state index in [2.05, 4.69) is 20.4 Å². The summed E-state index contributed by atoms with van der Waals surface area (Å²) in [4.78, 5) is 36.0. The van der Waals surface area contributed by atoms with Gasteiger partial charge in [0.05, 0.1) is 11.4 Å². The highest BCUT2D eigenvalue weighted by Crippen LogP contribution is 2.34. The van der Waals surface area contributed by atoms with Gasteiger partial charge < -0.3 is 10.2 Å². The molecule has 158 valence electrons. The number of pyridine rings is 1. The first kappa shape index (κ1) is 19.3. The van der Waals surface area contributed by atoms with Crippen molar-refractivity contribution in [3.8, 4) is 0 Å². The third-order valence-electron chi connectivity index (χ3n) is 5.96. The Kier molecular flexibility index (Phi) is 4.72. The quantitative estimate of drug-likeness (QED) is 0.700. The first-order chi connectivity index (χ1) is 15.0. The fraction of sp³-hybridized carbons (Fsp3) is 0.318. The number of likely N-dealkylation sites (N-methyl/N-ethyl adjacent to an activating group) is 1. The number of nitrogens with one attached hydrogen (secondary N) is 1. The highest BCUT2D eigenvalue weighted by atomic mass is 19.1. The molecule has 0 radical (unpaired) electrons. The molecule has 2 aromatic heterocycles. The number of carbonyl (C=O) groups is 2. The van der Waals surface area contributed by atoms with Crippen LogP contribution in [0.2, 0.25) is 0 Å². The van der Waals surface area contributed by atoms with Gasteiger partial charge in [-0.1, -0.05) is 18.2 Å². The number of hydrogen-bond donors (Lipinski definition) is 1. The van der Waals surface area contributed by atoms with Crippen molar-refractivity contribution in [1.82, 2.24) is 25.1 Å². The van der Waals surface area contributed by atoms with Crippen LogP contribution in [-0.4, -0.2) is 44.7 Å². The van der Waals surface area contributed by atoms with E-state index in [-0.39, 0.29) is 23.5 Å². The van der Waals surface area contributed by atoms with Crippen LogP contribution in [0.15, 0.2) is 42.6 Å². The highest BCUT2D eigenvalue weighted by molar-refractivity contribution is 6.01. The molecule has 4 heterocycles. The molecule has 2 aliphatic rings. The lowest BCUT2D eigenvalue weighted by molar-refractivity contribution is -0.120. The molecule has 31 heavy (non-hydrogen) atoms. The van der Waals surface area contributed by atoms with Gasteiger partial charge in [-0.15, -0.1) is 5.10 Å². The molecule has 8 nitrogen and oxygen atoms in total. The number of hydrogen-bond acceptors (Lipinski definition) is 5. The van der Waals surface area contributed by atoms with E-state index in [1.165, 1.54) is 11.0 Å². The van der Waals surface area contributed by atoms with E-state index >= 15 is 0 Å². The molecule has 2 atom stereocenters. The second-order valence-electron chi connectivity index (χ2n) is 7.81. The lowest BCUT2D eigenvalue weighted by Crippen LogP contribution is -2.47. The Morgan fingerprint density at radius 1 is 1.19 bits per heavy atom. The molecule has 1 aromatic carbocycles. The number of halogens is 1. The Morgan fingerprint density at radius 3 is 2.87 bits per heavy atom. The van der Waals surface area contributed by atoms with Gasteiger partial charge in [-0.05, 0) is 43.0 Å². The second kappa shape index (κ2) is 7.57. The molecule has 3 aromatic rings. The van der Waals surface area contributed by atoms with Gasteiger partial charge in [0.25, 0.3) is 5.91 Å². The minimum atomic E-state index is -0.701. The standard InChI is InChI=1S/C22H21FN6O2/c1-28-18-7-4-11-24-16(18)8-9-17(22(28)31)25-21(30)19-26-20-14(10-12-29(20)27-19)13-5-2-3-6-15(13)23/h2-7,11,14,17H,8-10,12H2,1H3,(H,25,30)/t14?,17-/m0/s1. The number of fused-ring (bicyclic) bond motifs is 2. The fourth-order valence-electron chi connectivity index (χ4n) is 4.35. The van der Waals surface area contributed by atoms with E-state index < -0.39 is 11.9 Å². The van der Waals surface area contributed by atoms with Crippen molar-refractivity contribution >= 4 is 17.5 Å². The molecule has 5 rings (SSSR count). The molecule has 2 aliphatic heterocycles. The van der Waals surface area contributed by atoms with Gasteiger partial charge in [-0.3, -0.25) is 14.6 Å². The smallest absolute Gasteiger partial charge is 0.291 e. The number of anilines is 1. The Bertz CT molecular complexity index is 1180. The molecule has 0 bridgehead atoms. The number of benzene rings is 1. The lowest BCUT2D eigenvalue weighted by atomic mass is 9.97. The predicted molar refractivity (Wildman–Crippen MR) is 110 cm³/mol. The number of aromatic nitrogens is 4. The van der Waals surface area contributed by atoms with E-state index in [0.29, 0.717) is 37.2 Å². The monoisotopic (exact) mass is 420 g/mol. The van der Waals surface area contributed by atoms with Crippen molar-refractivity contribution in [2.45, 2.75) is 37.8 Å². The Morgan fingerprint density at radius 2 is 2.03 bits per heavy atom. The molecule has 0 spiro atoms. The van der Waals surface area contributed by atoms with E-state index in [1.54, 1.807) is 42.2 Å². The van der Waals surface area contributed by atoms with Crippen LogP contribution in [0.3, 0.4) is 0 Å². The molecule has 9 heteroatoms. The number of aryl methyl sites for hydroxylation is 2. The van der Waals surface area contributed by atoms with Crippen LogP contribution in [0.4, 0.5) is 10.1 Å². The molecular weight excluding hydrogens is 399 g/mol. The largest absolute Gasteiger partial charge is 0.337 e. The van der Waals surface area contributed by atoms with Crippen LogP contribution in [0, 0.1) is 5.82 Å². The van der Waals surface area contributed by atoms with Gasteiger partial charge in [-0.25, -0.2) is 14.1 Å². The topological polar surface area (TPSA) is 93.0 Å². The Hall–Kier alpha value is -3.62. The van der Waals surface area contributed by atoms with Crippen LogP contribution in [0.1, 0.15) is 46.5 Å². The van der Waals surface area contributed by atoms with Gasteiger partial charge in [0.1, 0.15) is 17.7 Å². The molecule has 1 N–H and O–H groups in total. The van der Waals surface area contributed by atoms with Crippen molar-refractivity contribution in [3.63, 3.8) is 0 Å². The summed E-state index contributed by atoms with van der Waals surface area (Å²) in [6.07, 6.45) is 3.37. The average Bonchev–Trinajstić information content (AvgIpc) is 3.34. The normalized spacial score (nSPS) is 20.2. The van der Waals surface area contributed by atoms with Crippen molar-refractivity contribution < 1.29 is 14.0 Å². The predicted octanol–water partition coefficient (Wildman–Crippen LogP) is 2.06. The summed E-state index contributed by atoms with van der Waals surface area (Å²) in [5, 5.41) is 7.08. The highest BCUT2D eigenvalue weighted by Gasteiger charge is 2.34. The third-order valence-corrected chi connectivity index (χ3v) is 5.96. The van der Waals surface area contributed by atoms with Crippen molar-refractivity contribution in [1.29, 1.82) is 0 Å². The SMILES string of the molecule is CN1C(=O)[C@@H](NC(=O)c2nc3n(n2)CCC3c2ccccc2F)CCc2ncccc21. The third kappa shape index (κ3) is 3.35. The molecule has 1 unspecified atom stereocenters. The molecular formula is C22H21FN6O2. The molecule has 2 amide bonds. The van der Waals surface area contributed by atoms with Gasteiger partial charge >= 0.3 is 0 Å². The van der Waals surface area contributed by atoms with E-state index in [9.17, 15) is 14.0 Å². The number of nitrogens with zero attached hydrogens (tertiary/aromatic N) is 5. The minimum Gasteiger partial charge on any atom is -0.337 e. The summed E-state index contributed by atoms with van der Waals surface area (Å²) in [5.41, 5.74) is 2.12. The van der Waals surface area contributed by atoms with Gasteiger partial charge in [0.15, 0.2) is 0 Å². The summed E-state index contributed by atoms with van der Waals surface area (Å²) in [5.74, 6) is -0.713. The van der Waals surface area contributed by atoms with Crippen molar-refractivity contribution in [2.75, 3.05) is 11.9 Å². The zero-order chi connectivity index (χ0) is 21.5. The van der Waals surface area contributed by atoms with E-state index in [4.69, 9.17) is 0 Å². The summed E-state index contributed by atoms with van der Waals surface area (Å²) >= 11 is 0. The maximum absolute atomic E-state index is 14.3. The summed E-state index contributed by atoms with van der Waals surface area (Å²) < 4.78 is 15.9. The van der Waals surface area contributed by atoms with Gasteiger partial charge in [0, 0.05) is 25.7 Å². The van der Waals surface area contributed by atoms with Crippen LogP contribution < -0.4 is 10.2 Å². The number of rotatable bonds is 3. The lowest BCUT2D eigenvalue weighted by Gasteiger charge is -2.21. The van der Waals surface area contributed by atoms with Crippen LogP contribution in [0.5, 0.6) is 0 Å². The summed E-state index contributed by atoms with van der Waals surface area (Å²) in [7, 11) is 1.68. The van der Waals surface area contributed by atoms with Crippen LogP contribution in [0.25, 0.3) is 0 Å². The Labute approximate surface area is 178 Å². The van der Waals surface area contributed by atoms with Crippen LogP contribution in [-0.2, 0) is 17.8 Å². The first-order valence-corrected chi connectivity index (χ1v) is 10.2. The summed E-state index contributed by atoms with van der Waals surface area (Å²) in [6, 6.07) is 9.50. The maximum atomic E-state index is 14.3. The number of amides is 2. The summed E-state index contributed by atoms with van der Waals surface area (Å²) in [6.45, 7) is 0.556. The van der Waals surface area contributed by atoms with Crippen molar-refractivity contribution in [2.24, 2.45) is 0 Å². The molecule has 0 saturated heterocycles. The second-order valence-corrected chi connectivity index (χ2v) is 7.81. The van der Waals surface area contributed by atoms with Gasteiger partial charge in [-0.2, -0.15) is 0 Å². The van der Waals surface area contributed by atoms with Gasteiger partial charge in [0.2, 0.25) is 11.7 Å². The first-order valence-electron chi connectivity index (χ1n) is 10.2. The Balaban J connectivity index is 1.35. The average molecular weight is 420 g/mol. The zero-order valence-corrected chi connectivity index (χ0v) is 17.0. The van der Waals surface area contributed by atoms with Crippen molar-refractivity contribution in [3.05, 3.63) is 71.3 Å². The fourth-order valence-corrected chi connectivity index (χ4v) is 4.35. The molecule has 0 aliphatic carbocycles. The zero-order valence-electron chi connectivity index (χ0n) is 17.0. The number of carbonyl (C=O) groups excluding carboxylic acids is 2. The minimum absolute atomic E-state index is 0.00798. The molecule has 0 saturated carbocycles. The molecule has 0 fully saturated rings.